The fourth-order valence-electron chi connectivity index (χ4n) is 2.82. The fourth-order valence-corrected chi connectivity index (χ4v) is 3.86. The molecule has 2 unspecified atom stereocenters. The van der Waals surface area contributed by atoms with Gasteiger partial charge in [0.1, 0.15) is 16.6 Å². The summed E-state index contributed by atoms with van der Waals surface area (Å²) in [4.78, 5) is 18.4. The third-order valence-corrected chi connectivity index (χ3v) is 5.15. The number of carboxylic acids is 1. The summed E-state index contributed by atoms with van der Waals surface area (Å²) < 4.78 is 0. The van der Waals surface area contributed by atoms with Crippen LogP contribution in [0.15, 0.2) is 46.8 Å². The normalized spacial score (nSPS) is 30.2. The molecule has 1 fully saturated rings. The molecule has 0 aliphatic carbocycles. The lowest BCUT2D eigenvalue weighted by molar-refractivity contribution is -0.137. The molecule has 0 saturated carbocycles. The molecule has 4 nitrogen and oxygen atoms in total. The average molecular weight is 302 g/mol. The molecule has 110 valence electrons. The molecule has 0 spiro atoms. The van der Waals surface area contributed by atoms with Gasteiger partial charge in [0.25, 0.3) is 0 Å². The largest absolute Gasteiger partial charge is 0.480 e. The average Bonchev–Trinajstić information content (AvgIpc) is 3.07. The molecule has 2 aliphatic rings. The van der Waals surface area contributed by atoms with Crippen LogP contribution in [0.25, 0.3) is 0 Å². The highest BCUT2D eigenvalue weighted by Gasteiger charge is 2.42. The molecule has 0 amide bonds. The molecule has 1 N–H and O–H groups in total. The first kappa shape index (κ1) is 14.2. The highest BCUT2D eigenvalue weighted by Crippen LogP contribution is 2.37. The van der Waals surface area contributed by atoms with Gasteiger partial charge in [-0.05, 0) is 37.0 Å². The van der Waals surface area contributed by atoms with E-state index in [4.69, 9.17) is 4.99 Å². The molecule has 0 radical (unpaired) electrons. The highest BCUT2D eigenvalue weighted by atomic mass is 32.2. The molecule has 21 heavy (non-hydrogen) atoms. The second kappa shape index (κ2) is 5.56. The summed E-state index contributed by atoms with van der Waals surface area (Å²) in [5.41, 5.74) is 0.460. The molecule has 2 atom stereocenters. The van der Waals surface area contributed by atoms with E-state index in [1.807, 2.05) is 36.6 Å². The maximum Gasteiger partial charge on any atom is 0.319 e. The minimum absolute atomic E-state index is 0.539. The van der Waals surface area contributed by atoms with E-state index in [9.17, 15) is 9.90 Å². The van der Waals surface area contributed by atoms with Crippen molar-refractivity contribution in [2.75, 3.05) is 11.4 Å². The summed E-state index contributed by atoms with van der Waals surface area (Å²) in [5.74, 6) is 0.184. The van der Waals surface area contributed by atoms with Crippen LogP contribution in [-0.2, 0) is 4.79 Å². The third kappa shape index (κ3) is 2.70. The van der Waals surface area contributed by atoms with Gasteiger partial charge in [-0.1, -0.05) is 18.2 Å². The Labute approximate surface area is 128 Å². The van der Waals surface area contributed by atoms with E-state index in [0.717, 1.165) is 30.9 Å². The van der Waals surface area contributed by atoms with Crippen molar-refractivity contribution in [1.82, 2.24) is 0 Å². The number of nitrogens with zero attached hydrogens (tertiary/aromatic N) is 2. The highest BCUT2D eigenvalue weighted by molar-refractivity contribution is 8.03. The first-order valence-electron chi connectivity index (χ1n) is 7.07. The van der Waals surface area contributed by atoms with Gasteiger partial charge >= 0.3 is 5.97 Å². The van der Waals surface area contributed by atoms with Crippen LogP contribution in [0.5, 0.6) is 0 Å². The molecule has 3 rings (SSSR count). The van der Waals surface area contributed by atoms with Crippen molar-refractivity contribution in [3.63, 3.8) is 0 Å². The smallest absolute Gasteiger partial charge is 0.319 e. The van der Waals surface area contributed by atoms with E-state index in [1.165, 1.54) is 11.8 Å². The predicted molar refractivity (Wildman–Crippen MR) is 87.0 cm³/mol. The zero-order valence-corrected chi connectivity index (χ0v) is 12.7. The number of hydrogen-bond donors (Lipinski definition) is 1. The molecular formula is C16H18N2O2S. The molecule has 1 saturated heterocycles. The van der Waals surface area contributed by atoms with Gasteiger partial charge in [0.2, 0.25) is 0 Å². The lowest BCUT2D eigenvalue weighted by Crippen LogP contribution is -2.39. The van der Waals surface area contributed by atoms with Gasteiger partial charge in [-0.3, -0.25) is 9.79 Å². The summed E-state index contributed by atoms with van der Waals surface area (Å²) in [7, 11) is 0. The molecule has 2 aliphatic heterocycles. The Hall–Kier alpha value is -1.75. The van der Waals surface area contributed by atoms with Crippen LogP contribution in [0.2, 0.25) is 0 Å². The molecular weight excluding hydrogens is 284 g/mol. The van der Waals surface area contributed by atoms with E-state index in [1.54, 1.807) is 0 Å². The zero-order chi connectivity index (χ0) is 14.9. The minimum Gasteiger partial charge on any atom is -0.480 e. The van der Waals surface area contributed by atoms with Crippen molar-refractivity contribution in [3.8, 4) is 0 Å². The molecule has 2 heterocycles. The van der Waals surface area contributed by atoms with Gasteiger partial charge in [0.05, 0.1) is 0 Å². The van der Waals surface area contributed by atoms with Crippen molar-refractivity contribution in [2.24, 2.45) is 4.99 Å². The van der Waals surface area contributed by atoms with E-state index >= 15 is 0 Å². The van der Waals surface area contributed by atoms with Crippen molar-refractivity contribution in [2.45, 2.75) is 30.6 Å². The number of thioether (sulfide) groups is 1. The zero-order valence-electron chi connectivity index (χ0n) is 11.9. The number of amidine groups is 1. The number of aliphatic carboxylic acids is 1. The Morgan fingerprint density at radius 1 is 1.43 bits per heavy atom. The molecule has 5 heteroatoms. The number of carbonyl (C=O) groups is 1. The first-order valence-corrected chi connectivity index (χ1v) is 8.02. The molecule has 0 aromatic heterocycles. The Balaban J connectivity index is 1.91. The number of benzene rings is 1. The van der Waals surface area contributed by atoms with Crippen molar-refractivity contribution in [3.05, 3.63) is 41.8 Å². The summed E-state index contributed by atoms with van der Waals surface area (Å²) in [6.45, 7) is 2.84. The van der Waals surface area contributed by atoms with Gasteiger partial charge in [-0.25, -0.2) is 0 Å². The summed E-state index contributed by atoms with van der Waals surface area (Å²) in [6.07, 6.45) is 3.86. The van der Waals surface area contributed by atoms with E-state index in [2.05, 4.69) is 17.0 Å². The van der Waals surface area contributed by atoms with Crippen LogP contribution in [0.1, 0.15) is 19.8 Å². The number of aliphatic imine (C=N–C) groups is 1. The van der Waals surface area contributed by atoms with Gasteiger partial charge < -0.3 is 10.0 Å². The van der Waals surface area contributed by atoms with Crippen molar-refractivity contribution >= 4 is 29.3 Å². The standard InChI is InChI=1S/C16H18N2O2S/c1-16(9-11-21-14(16)15(19)20)17-13-8-5-10-18(13)12-6-3-2-4-7-12/h2-4,6-7,9,11,14H,5,8,10H2,1H3,(H,19,20)/b17-13+. The van der Waals surface area contributed by atoms with Crippen molar-refractivity contribution < 1.29 is 9.90 Å². The third-order valence-electron chi connectivity index (χ3n) is 3.91. The lowest BCUT2D eigenvalue weighted by Gasteiger charge is -2.26. The second-order valence-electron chi connectivity index (χ2n) is 5.50. The first-order chi connectivity index (χ1) is 10.1. The Bertz CT molecular complexity index is 600. The SMILES string of the molecule is CC1(/N=C2\CCCN2c2ccccc2)C=CSC1C(=O)O. The number of rotatable bonds is 3. The van der Waals surface area contributed by atoms with E-state index < -0.39 is 16.8 Å². The van der Waals surface area contributed by atoms with E-state index in [0.29, 0.717) is 0 Å². The summed E-state index contributed by atoms with van der Waals surface area (Å²) in [5, 5.41) is 10.7. The topological polar surface area (TPSA) is 52.9 Å². The van der Waals surface area contributed by atoms with Crippen LogP contribution < -0.4 is 4.90 Å². The number of anilines is 1. The van der Waals surface area contributed by atoms with Crippen LogP contribution >= 0.6 is 11.8 Å². The molecule has 0 bridgehead atoms. The Morgan fingerprint density at radius 2 is 2.19 bits per heavy atom. The maximum atomic E-state index is 11.4. The molecule has 1 aromatic carbocycles. The van der Waals surface area contributed by atoms with E-state index in [-0.39, 0.29) is 0 Å². The monoisotopic (exact) mass is 302 g/mol. The number of carboxylic acid groups (broad SMARTS) is 1. The van der Waals surface area contributed by atoms with Crippen LogP contribution in [-0.4, -0.2) is 34.2 Å². The second-order valence-corrected chi connectivity index (χ2v) is 6.52. The Morgan fingerprint density at radius 3 is 2.90 bits per heavy atom. The minimum atomic E-state index is -0.805. The van der Waals surface area contributed by atoms with Gasteiger partial charge in [0, 0.05) is 18.7 Å². The van der Waals surface area contributed by atoms with Crippen LogP contribution in [0, 0.1) is 0 Å². The number of hydrogen-bond acceptors (Lipinski definition) is 3. The van der Waals surface area contributed by atoms with Gasteiger partial charge in [0.15, 0.2) is 0 Å². The maximum absolute atomic E-state index is 11.4. The lowest BCUT2D eigenvalue weighted by atomic mass is 9.98. The molecule has 1 aromatic rings. The van der Waals surface area contributed by atoms with Crippen molar-refractivity contribution in [1.29, 1.82) is 0 Å². The quantitative estimate of drug-likeness (QED) is 0.932. The predicted octanol–water partition coefficient (Wildman–Crippen LogP) is 3.16. The Kier molecular flexibility index (Phi) is 3.76. The summed E-state index contributed by atoms with van der Waals surface area (Å²) in [6, 6.07) is 10.2. The van der Waals surface area contributed by atoms with Crippen LogP contribution in [0.4, 0.5) is 5.69 Å². The van der Waals surface area contributed by atoms with Crippen LogP contribution in [0.3, 0.4) is 0 Å². The van der Waals surface area contributed by atoms with Gasteiger partial charge in [-0.2, -0.15) is 0 Å². The van der Waals surface area contributed by atoms with Gasteiger partial charge in [-0.15, -0.1) is 11.8 Å². The fraction of sp³-hybridized carbons (Fsp3) is 0.375. The summed E-state index contributed by atoms with van der Waals surface area (Å²) >= 11 is 1.33. The number of para-hydroxylation sites is 1.